The SMILES string of the molecule is Cc1cc(Cl)c(C)c(-c2cnoc2N)c1. The Labute approximate surface area is 92.8 Å². The summed E-state index contributed by atoms with van der Waals surface area (Å²) in [5, 5.41) is 4.38. The quantitative estimate of drug-likeness (QED) is 0.806. The van der Waals surface area contributed by atoms with Crippen LogP contribution in [0.1, 0.15) is 11.1 Å². The molecule has 1 aromatic carbocycles. The van der Waals surface area contributed by atoms with Gasteiger partial charge in [0.25, 0.3) is 0 Å². The molecular formula is C11H11ClN2O. The van der Waals surface area contributed by atoms with Crippen molar-refractivity contribution < 1.29 is 4.52 Å². The van der Waals surface area contributed by atoms with Gasteiger partial charge in [0, 0.05) is 5.02 Å². The number of anilines is 1. The van der Waals surface area contributed by atoms with Crippen LogP contribution in [0.3, 0.4) is 0 Å². The van der Waals surface area contributed by atoms with Crippen molar-refractivity contribution in [3.8, 4) is 11.1 Å². The molecule has 0 aliphatic rings. The third-order valence-electron chi connectivity index (χ3n) is 2.38. The lowest BCUT2D eigenvalue weighted by Gasteiger charge is -2.07. The Balaban J connectivity index is 2.68. The van der Waals surface area contributed by atoms with Crippen LogP contribution in [0.5, 0.6) is 0 Å². The number of benzene rings is 1. The van der Waals surface area contributed by atoms with Crippen molar-refractivity contribution in [2.24, 2.45) is 0 Å². The van der Waals surface area contributed by atoms with Gasteiger partial charge in [0.1, 0.15) is 0 Å². The molecule has 0 aliphatic carbocycles. The minimum atomic E-state index is 0.319. The highest BCUT2D eigenvalue weighted by molar-refractivity contribution is 6.31. The van der Waals surface area contributed by atoms with Gasteiger partial charge in [-0.3, -0.25) is 0 Å². The normalized spacial score (nSPS) is 10.6. The Hall–Kier alpha value is -1.48. The van der Waals surface area contributed by atoms with Gasteiger partial charge in [0.2, 0.25) is 5.88 Å². The molecule has 1 aromatic heterocycles. The van der Waals surface area contributed by atoms with Crippen molar-refractivity contribution in [2.75, 3.05) is 5.73 Å². The van der Waals surface area contributed by atoms with Gasteiger partial charge in [-0.05, 0) is 36.6 Å². The molecule has 3 nitrogen and oxygen atoms in total. The first kappa shape index (κ1) is 10.1. The molecule has 2 rings (SSSR count). The first-order valence-electron chi connectivity index (χ1n) is 4.57. The van der Waals surface area contributed by atoms with Crippen molar-refractivity contribution in [2.45, 2.75) is 13.8 Å². The summed E-state index contributed by atoms with van der Waals surface area (Å²) in [5.74, 6) is 0.319. The van der Waals surface area contributed by atoms with Gasteiger partial charge in [-0.1, -0.05) is 22.8 Å². The molecule has 0 saturated heterocycles. The van der Waals surface area contributed by atoms with Crippen LogP contribution >= 0.6 is 11.6 Å². The summed E-state index contributed by atoms with van der Waals surface area (Å²) in [6, 6.07) is 3.94. The first-order valence-corrected chi connectivity index (χ1v) is 4.94. The zero-order chi connectivity index (χ0) is 11.0. The van der Waals surface area contributed by atoms with E-state index in [1.165, 1.54) is 0 Å². The van der Waals surface area contributed by atoms with Crippen LogP contribution in [-0.2, 0) is 0 Å². The minimum absolute atomic E-state index is 0.319. The van der Waals surface area contributed by atoms with E-state index in [-0.39, 0.29) is 0 Å². The maximum Gasteiger partial charge on any atom is 0.229 e. The Morgan fingerprint density at radius 1 is 1.27 bits per heavy atom. The molecule has 78 valence electrons. The number of nitrogens with zero attached hydrogens (tertiary/aromatic N) is 1. The third-order valence-corrected chi connectivity index (χ3v) is 2.77. The summed E-state index contributed by atoms with van der Waals surface area (Å²) in [4.78, 5) is 0. The van der Waals surface area contributed by atoms with Gasteiger partial charge in [0.15, 0.2) is 0 Å². The summed E-state index contributed by atoms with van der Waals surface area (Å²) in [6.45, 7) is 3.93. The van der Waals surface area contributed by atoms with Gasteiger partial charge in [0.05, 0.1) is 11.8 Å². The van der Waals surface area contributed by atoms with E-state index in [9.17, 15) is 0 Å². The van der Waals surface area contributed by atoms with E-state index in [1.54, 1.807) is 6.20 Å². The highest BCUT2D eigenvalue weighted by Crippen LogP contribution is 2.32. The fraction of sp³-hybridized carbons (Fsp3) is 0.182. The number of hydrogen-bond acceptors (Lipinski definition) is 3. The number of aromatic nitrogens is 1. The second-order valence-electron chi connectivity index (χ2n) is 3.52. The second-order valence-corrected chi connectivity index (χ2v) is 3.93. The molecule has 2 N–H and O–H groups in total. The lowest BCUT2D eigenvalue weighted by molar-refractivity contribution is 0.436. The monoisotopic (exact) mass is 222 g/mol. The van der Waals surface area contributed by atoms with E-state index >= 15 is 0 Å². The molecule has 4 heteroatoms. The molecule has 2 aromatic rings. The zero-order valence-corrected chi connectivity index (χ0v) is 9.30. The van der Waals surface area contributed by atoms with Crippen LogP contribution in [0, 0.1) is 13.8 Å². The van der Waals surface area contributed by atoms with Crippen LogP contribution < -0.4 is 5.73 Å². The Bertz CT molecular complexity index is 505. The molecule has 15 heavy (non-hydrogen) atoms. The van der Waals surface area contributed by atoms with E-state index in [4.69, 9.17) is 21.9 Å². The van der Waals surface area contributed by atoms with Crippen LogP contribution in [0.15, 0.2) is 22.9 Å². The van der Waals surface area contributed by atoms with Gasteiger partial charge in [-0.15, -0.1) is 0 Å². The molecule has 1 heterocycles. The van der Waals surface area contributed by atoms with E-state index in [2.05, 4.69) is 5.16 Å². The molecule has 0 unspecified atom stereocenters. The van der Waals surface area contributed by atoms with Crippen molar-refractivity contribution in [1.29, 1.82) is 0 Å². The van der Waals surface area contributed by atoms with Gasteiger partial charge < -0.3 is 10.3 Å². The summed E-state index contributed by atoms with van der Waals surface area (Å²) in [6.07, 6.45) is 1.60. The molecule has 0 aliphatic heterocycles. The van der Waals surface area contributed by atoms with E-state index in [0.29, 0.717) is 5.88 Å². The number of nitrogens with two attached hydrogens (primary N) is 1. The fourth-order valence-electron chi connectivity index (χ4n) is 1.55. The summed E-state index contributed by atoms with van der Waals surface area (Å²) < 4.78 is 4.84. The topological polar surface area (TPSA) is 52.0 Å². The maximum atomic E-state index is 6.10. The fourth-order valence-corrected chi connectivity index (χ4v) is 1.82. The van der Waals surface area contributed by atoms with Crippen LogP contribution in [0.25, 0.3) is 11.1 Å². The number of hydrogen-bond donors (Lipinski definition) is 1. The molecule has 0 amide bonds. The van der Waals surface area contributed by atoms with Gasteiger partial charge in [-0.25, -0.2) is 0 Å². The second kappa shape index (κ2) is 3.59. The van der Waals surface area contributed by atoms with E-state index in [1.807, 2.05) is 26.0 Å². The standard InChI is InChI=1S/C11H11ClN2O/c1-6-3-8(7(2)10(12)4-6)9-5-14-15-11(9)13/h3-5H,13H2,1-2H3. The zero-order valence-electron chi connectivity index (χ0n) is 8.54. The molecule has 0 spiro atoms. The van der Waals surface area contributed by atoms with Crippen molar-refractivity contribution >= 4 is 17.5 Å². The third kappa shape index (κ3) is 1.70. The van der Waals surface area contributed by atoms with E-state index in [0.717, 1.165) is 27.3 Å². The molecule has 0 saturated carbocycles. The molecule has 0 radical (unpaired) electrons. The Morgan fingerprint density at radius 2 is 2.00 bits per heavy atom. The van der Waals surface area contributed by atoms with Crippen molar-refractivity contribution in [1.82, 2.24) is 5.16 Å². The summed E-state index contributed by atoms with van der Waals surface area (Å²) in [5.41, 5.74) is 9.50. The van der Waals surface area contributed by atoms with Crippen LogP contribution in [-0.4, -0.2) is 5.16 Å². The van der Waals surface area contributed by atoms with Crippen molar-refractivity contribution in [3.05, 3.63) is 34.5 Å². The number of halogens is 1. The average Bonchev–Trinajstić information content (AvgIpc) is 2.58. The van der Waals surface area contributed by atoms with Crippen LogP contribution in [0.4, 0.5) is 5.88 Å². The first-order chi connectivity index (χ1) is 7.09. The lowest BCUT2D eigenvalue weighted by atomic mass is 10.0. The predicted molar refractivity (Wildman–Crippen MR) is 60.8 cm³/mol. The van der Waals surface area contributed by atoms with Gasteiger partial charge in [-0.2, -0.15) is 0 Å². The number of aryl methyl sites for hydroxylation is 1. The smallest absolute Gasteiger partial charge is 0.229 e. The van der Waals surface area contributed by atoms with Crippen molar-refractivity contribution in [3.63, 3.8) is 0 Å². The number of rotatable bonds is 1. The highest BCUT2D eigenvalue weighted by Gasteiger charge is 2.12. The Morgan fingerprint density at radius 3 is 2.60 bits per heavy atom. The largest absolute Gasteiger partial charge is 0.367 e. The summed E-state index contributed by atoms with van der Waals surface area (Å²) >= 11 is 6.10. The predicted octanol–water partition coefficient (Wildman–Crippen LogP) is 3.19. The highest BCUT2D eigenvalue weighted by atomic mass is 35.5. The van der Waals surface area contributed by atoms with Crippen LogP contribution in [0.2, 0.25) is 5.02 Å². The molecule has 0 bridgehead atoms. The Kier molecular flexibility index (Phi) is 2.40. The van der Waals surface area contributed by atoms with Gasteiger partial charge >= 0.3 is 0 Å². The molecular weight excluding hydrogens is 212 g/mol. The molecule has 0 fully saturated rings. The lowest BCUT2D eigenvalue weighted by Crippen LogP contribution is -1.89. The molecule has 0 atom stereocenters. The average molecular weight is 223 g/mol. The minimum Gasteiger partial charge on any atom is -0.367 e. The maximum absolute atomic E-state index is 6.10. The van der Waals surface area contributed by atoms with E-state index < -0.39 is 0 Å². The number of nitrogen functional groups attached to an aromatic ring is 1. The summed E-state index contributed by atoms with van der Waals surface area (Å²) in [7, 11) is 0.